The number of nitrogens with one attached hydrogen (secondary N) is 1. The molecule has 2 aromatic rings. The molecule has 0 fully saturated rings. The second kappa shape index (κ2) is 23.7. The second-order valence-electron chi connectivity index (χ2n) is 5.35. The van der Waals surface area contributed by atoms with E-state index in [2.05, 4.69) is 21.2 Å². The topological polar surface area (TPSA) is 86.3 Å². The van der Waals surface area contributed by atoms with Crippen molar-refractivity contribution in [3.63, 3.8) is 0 Å². The summed E-state index contributed by atoms with van der Waals surface area (Å²) in [6.45, 7) is 12.4. The molecule has 0 aromatic heterocycles. The van der Waals surface area contributed by atoms with Crippen molar-refractivity contribution in [1.29, 1.82) is 0 Å². The lowest BCUT2D eigenvalue weighted by Gasteiger charge is -2.16. The Labute approximate surface area is 214 Å². The van der Waals surface area contributed by atoms with E-state index in [1.54, 1.807) is 46.6 Å². The first kappa shape index (κ1) is 36.1. The van der Waals surface area contributed by atoms with Crippen LogP contribution in [-0.4, -0.2) is 53.1 Å². The van der Waals surface area contributed by atoms with E-state index in [9.17, 15) is 4.79 Å². The van der Waals surface area contributed by atoms with E-state index < -0.39 is 0 Å². The van der Waals surface area contributed by atoms with Crippen LogP contribution in [0, 0.1) is 0 Å². The molecule has 2 rings (SSSR count). The summed E-state index contributed by atoms with van der Waals surface area (Å²) in [4.78, 5) is 12.4. The molecule has 196 valence electrons. The van der Waals surface area contributed by atoms with Crippen LogP contribution in [0.2, 0.25) is 0 Å². The third-order valence-corrected chi connectivity index (χ3v) is 4.54. The highest BCUT2D eigenvalue weighted by molar-refractivity contribution is 9.10. The van der Waals surface area contributed by atoms with E-state index in [0.29, 0.717) is 46.0 Å². The molecule has 0 aliphatic carbocycles. The van der Waals surface area contributed by atoms with Gasteiger partial charge in [-0.25, -0.2) is 0 Å². The van der Waals surface area contributed by atoms with Gasteiger partial charge in [0, 0.05) is 23.7 Å². The number of hydrogen-bond acceptors (Lipinski definition) is 6. The highest BCUT2D eigenvalue weighted by atomic mass is 79.9. The van der Waals surface area contributed by atoms with Gasteiger partial charge < -0.3 is 29.4 Å². The van der Waals surface area contributed by atoms with Crippen molar-refractivity contribution in [2.75, 3.05) is 42.1 Å². The van der Waals surface area contributed by atoms with E-state index in [1.807, 2.05) is 53.7 Å². The standard InChI is InChI=1S/C19H22BrNO5.3C2H6.CH4O/c1-23-13-6-7-14(15(20)11-13)19(22)21-10-9-12-5-8-16(24-2)18(26-4)17(12)25-3;4*1-2/h5-8,11H,9-10H2,1-4H3,(H,21,22);3*1-2H3;2H,1H3. The molecule has 7 nitrogen and oxygen atoms in total. The fraction of sp³-hybridized carbons (Fsp3) is 0.500. The number of benzene rings is 2. The smallest absolute Gasteiger partial charge is 0.252 e. The van der Waals surface area contributed by atoms with Crippen LogP contribution in [0.25, 0.3) is 0 Å². The van der Waals surface area contributed by atoms with Gasteiger partial charge in [0.25, 0.3) is 5.91 Å². The Bertz CT molecular complexity index is 784. The molecule has 0 spiro atoms. The van der Waals surface area contributed by atoms with Crippen LogP contribution >= 0.6 is 15.9 Å². The van der Waals surface area contributed by atoms with E-state index in [0.717, 1.165) is 12.7 Å². The predicted octanol–water partition coefficient (Wildman–Crippen LogP) is 6.14. The van der Waals surface area contributed by atoms with Gasteiger partial charge in [0.2, 0.25) is 5.75 Å². The van der Waals surface area contributed by atoms with Crippen molar-refractivity contribution in [3.8, 4) is 23.0 Å². The van der Waals surface area contributed by atoms with Gasteiger partial charge in [-0.2, -0.15) is 0 Å². The van der Waals surface area contributed by atoms with Gasteiger partial charge in [0.15, 0.2) is 11.5 Å². The van der Waals surface area contributed by atoms with Crippen LogP contribution in [0.4, 0.5) is 0 Å². The number of amides is 1. The van der Waals surface area contributed by atoms with Crippen molar-refractivity contribution in [2.45, 2.75) is 48.0 Å². The Balaban J connectivity index is -0.00000108. The molecule has 8 heteroatoms. The van der Waals surface area contributed by atoms with Gasteiger partial charge in [-0.05, 0) is 46.6 Å². The van der Waals surface area contributed by atoms with Crippen LogP contribution in [0.3, 0.4) is 0 Å². The lowest BCUT2D eigenvalue weighted by molar-refractivity contribution is 0.0953. The minimum absolute atomic E-state index is 0.168. The fourth-order valence-corrected chi connectivity index (χ4v) is 3.11. The van der Waals surface area contributed by atoms with Gasteiger partial charge in [0.05, 0.1) is 34.0 Å². The molecule has 2 aromatic carbocycles. The maximum atomic E-state index is 12.4. The van der Waals surface area contributed by atoms with Crippen molar-refractivity contribution in [1.82, 2.24) is 5.32 Å². The van der Waals surface area contributed by atoms with Crippen LogP contribution in [0.15, 0.2) is 34.8 Å². The maximum absolute atomic E-state index is 12.4. The highest BCUT2D eigenvalue weighted by Crippen LogP contribution is 2.39. The van der Waals surface area contributed by atoms with Gasteiger partial charge >= 0.3 is 0 Å². The molecular formula is C26H44BrNO6. The Morgan fingerprint density at radius 3 is 1.82 bits per heavy atom. The number of ether oxygens (including phenoxy) is 4. The average Bonchev–Trinajstić information content (AvgIpc) is 2.92. The fourth-order valence-electron chi connectivity index (χ4n) is 2.57. The van der Waals surface area contributed by atoms with E-state index in [4.69, 9.17) is 24.1 Å². The summed E-state index contributed by atoms with van der Waals surface area (Å²) < 4.78 is 21.9. The average molecular weight is 547 g/mol. The lowest BCUT2D eigenvalue weighted by Crippen LogP contribution is -2.26. The first-order valence-corrected chi connectivity index (χ1v) is 12.2. The largest absolute Gasteiger partial charge is 0.497 e. The molecule has 0 bridgehead atoms. The summed E-state index contributed by atoms with van der Waals surface area (Å²) in [7, 11) is 7.29. The Kier molecular flexibility index (Phi) is 25.2. The number of aliphatic hydroxyl groups excluding tert-OH is 1. The summed E-state index contributed by atoms with van der Waals surface area (Å²) in [6, 6.07) is 8.94. The van der Waals surface area contributed by atoms with Crippen LogP contribution in [0.5, 0.6) is 23.0 Å². The van der Waals surface area contributed by atoms with E-state index in [1.165, 1.54) is 0 Å². The molecule has 0 saturated carbocycles. The maximum Gasteiger partial charge on any atom is 0.252 e. The van der Waals surface area contributed by atoms with Crippen LogP contribution < -0.4 is 24.3 Å². The minimum atomic E-state index is -0.168. The lowest BCUT2D eigenvalue weighted by atomic mass is 10.1. The summed E-state index contributed by atoms with van der Waals surface area (Å²) in [6.07, 6.45) is 0.586. The number of aliphatic hydroxyl groups is 1. The van der Waals surface area contributed by atoms with Crippen LogP contribution in [0.1, 0.15) is 57.5 Å². The first-order valence-electron chi connectivity index (χ1n) is 11.4. The zero-order chi connectivity index (χ0) is 27.1. The molecule has 0 aliphatic heterocycles. The van der Waals surface area contributed by atoms with Gasteiger partial charge in [-0.15, -0.1) is 0 Å². The quantitative estimate of drug-likeness (QED) is 0.414. The number of halogens is 1. The van der Waals surface area contributed by atoms with Crippen molar-refractivity contribution in [3.05, 3.63) is 45.9 Å². The summed E-state index contributed by atoms with van der Waals surface area (Å²) in [5.41, 5.74) is 1.46. The number of carbonyl (C=O) groups excluding carboxylic acids is 1. The molecule has 0 radical (unpaired) electrons. The SMILES string of the molecule is CC.CC.CC.CO.COc1ccc(C(=O)NCCc2ccc(OC)c(OC)c2OC)c(Br)c1. The molecule has 0 saturated heterocycles. The Hall–Kier alpha value is -2.45. The number of hydrogen-bond donors (Lipinski definition) is 2. The van der Waals surface area contributed by atoms with Crippen molar-refractivity contribution in [2.24, 2.45) is 0 Å². The summed E-state index contributed by atoms with van der Waals surface area (Å²) in [5.74, 6) is 2.25. The van der Waals surface area contributed by atoms with Crippen molar-refractivity contribution >= 4 is 21.8 Å². The molecule has 0 aliphatic rings. The van der Waals surface area contributed by atoms with Crippen LogP contribution in [-0.2, 0) is 6.42 Å². The molecule has 2 N–H and O–H groups in total. The second-order valence-corrected chi connectivity index (χ2v) is 6.20. The van der Waals surface area contributed by atoms with Gasteiger partial charge in [-0.3, -0.25) is 4.79 Å². The summed E-state index contributed by atoms with van der Waals surface area (Å²) in [5, 5.41) is 9.91. The first-order chi connectivity index (χ1) is 16.5. The normalized spacial score (nSPS) is 8.50. The molecule has 34 heavy (non-hydrogen) atoms. The number of rotatable bonds is 8. The summed E-state index contributed by atoms with van der Waals surface area (Å²) >= 11 is 3.39. The Morgan fingerprint density at radius 1 is 0.824 bits per heavy atom. The van der Waals surface area contributed by atoms with E-state index >= 15 is 0 Å². The molecule has 0 atom stereocenters. The Morgan fingerprint density at radius 2 is 1.38 bits per heavy atom. The molecular weight excluding hydrogens is 502 g/mol. The molecule has 0 unspecified atom stereocenters. The monoisotopic (exact) mass is 545 g/mol. The zero-order valence-corrected chi connectivity index (χ0v) is 24.3. The minimum Gasteiger partial charge on any atom is -0.497 e. The number of methoxy groups -OCH3 is 4. The predicted molar refractivity (Wildman–Crippen MR) is 145 cm³/mol. The zero-order valence-electron chi connectivity index (χ0n) is 22.7. The van der Waals surface area contributed by atoms with E-state index in [-0.39, 0.29) is 5.91 Å². The molecule has 0 heterocycles. The molecule has 1 amide bonds. The third-order valence-electron chi connectivity index (χ3n) is 3.89. The highest BCUT2D eigenvalue weighted by Gasteiger charge is 2.16. The third kappa shape index (κ3) is 11.6. The van der Waals surface area contributed by atoms with Gasteiger partial charge in [-0.1, -0.05) is 47.6 Å². The van der Waals surface area contributed by atoms with Gasteiger partial charge in [0.1, 0.15) is 5.75 Å². The number of carbonyl (C=O) groups is 1. The van der Waals surface area contributed by atoms with Crippen molar-refractivity contribution < 1.29 is 28.8 Å².